The van der Waals surface area contributed by atoms with Crippen molar-refractivity contribution in [2.24, 2.45) is 10.7 Å². The molecule has 1 rings (SSSR count). The Balaban J connectivity index is 2.47. The lowest BCUT2D eigenvalue weighted by Crippen LogP contribution is -2.33. The number of nitrogens with two attached hydrogens (primary N) is 1. The van der Waals surface area contributed by atoms with Gasteiger partial charge < -0.3 is 11.1 Å². The average molecular weight is 253 g/mol. The zero-order chi connectivity index (χ0) is 13.5. The van der Waals surface area contributed by atoms with Gasteiger partial charge in [-0.3, -0.25) is 0 Å². The first-order valence-electron chi connectivity index (χ1n) is 5.61. The Bertz CT molecular complexity index is 435. The molecule has 0 saturated heterocycles. The molecule has 0 aromatic heterocycles. The largest absolute Gasteiger partial charge is 0.370 e. The molecule has 18 heavy (non-hydrogen) atoms. The fraction of sp³-hybridized carbons (Fsp3) is 0.308. The van der Waals surface area contributed by atoms with Gasteiger partial charge in [0.25, 0.3) is 0 Å². The smallest absolute Gasteiger partial charge is 0.188 e. The van der Waals surface area contributed by atoms with Gasteiger partial charge >= 0.3 is 0 Å². The van der Waals surface area contributed by atoms with Crippen LogP contribution >= 0.6 is 0 Å². The highest BCUT2D eigenvalue weighted by atomic mass is 19.1. The van der Waals surface area contributed by atoms with E-state index in [2.05, 4.69) is 16.9 Å². The number of halogens is 2. The van der Waals surface area contributed by atoms with Crippen molar-refractivity contribution >= 4 is 5.96 Å². The standard InChI is InChI=1S/C13H17F2N3/c1-9(2)8-18-13(16)17-7-6-10-11(14)4-3-5-12(10)15/h3-5H,1,6-8H2,2H3,(H3,16,17,18). The maximum atomic E-state index is 13.3. The lowest BCUT2D eigenvalue weighted by molar-refractivity contribution is 0.553. The van der Waals surface area contributed by atoms with Gasteiger partial charge in [-0.2, -0.15) is 0 Å². The Morgan fingerprint density at radius 3 is 2.56 bits per heavy atom. The van der Waals surface area contributed by atoms with Crippen LogP contribution in [0.4, 0.5) is 8.78 Å². The molecule has 0 heterocycles. The van der Waals surface area contributed by atoms with E-state index in [9.17, 15) is 8.78 Å². The van der Waals surface area contributed by atoms with Crippen molar-refractivity contribution in [2.75, 3.05) is 13.1 Å². The average Bonchev–Trinajstić information content (AvgIpc) is 2.30. The van der Waals surface area contributed by atoms with Crippen LogP contribution in [0.1, 0.15) is 12.5 Å². The molecule has 0 saturated carbocycles. The zero-order valence-electron chi connectivity index (χ0n) is 10.3. The third-order valence-electron chi connectivity index (χ3n) is 2.26. The van der Waals surface area contributed by atoms with Crippen molar-refractivity contribution in [1.29, 1.82) is 0 Å². The predicted octanol–water partition coefficient (Wildman–Crippen LogP) is 1.99. The molecule has 0 radical (unpaired) electrons. The van der Waals surface area contributed by atoms with E-state index in [-0.39, 0.29) is 17.9 Å². The van der Waals surface area contributed by atoms with Gasteiger partial charge in [-0.05, 0) is 25.5 Å². The van der Waals surface area contributed by atoms with Crippen molar-refractivity contribution in [2.45, 2.75) is 13.3 Å². The lowest BCUT2D eigenvalue weighted by atomic mass is 10.1. The SMILES string of the molecule is C=C(C)CN=C(N)NCCc1c(F)cccc1F. The van der Waals surface area contributed by atoms with Gasteiger partial charge in [0.15, 0.2) is 5.96 Å². The van der Waals surface area contributed by atoms with Crippen LogP contribution in [0.3, 0.4) is 0 Å². The number of guanidine groups is 1. The van der Waals surface area contributed by atoms with Crippen LogP contribution in [0.2, 0.25) is 0 Å². The quantitative estimate of drug-likeness (QED) is 0.479. The van der Waals surface area contributed by atoms with Gasteiger partial charge in [-0.15, -0.1) is 0 Å². The highest BCUT2D eigenvalue weighted by Gasteiger charge is 2.07. The van der Waals surface area contributed by atoms with Crippen molar-refractivity contribution in [3.63, 3.8) is 0 Å². The molecule has 1 aromatic carbocycles. The molecule has 0 aliphatic heterocycles. The van der Waals surface area contributed by atoms with Crippen molar-refractivity contribution in [3.8, 4) is 0 Å². The van der Waals surface area contributed by atoms with E-state index < -0.39 is 11.6 Å². The molecule has 0 fully saturated rings. The fourth-order valence-corrected chi connectivity index (χ4v) is 1.36. The number of nitrogens with zero attached hydrogens (tertiary/aromatic N) is 1. The van der Waals surface area contributed by atoms with Gasteiger partial charge in [0.2, 0.25) is 0 Å². The first-order chi connectivity index (χ1) is 8.50. The molecule has 0 aliphatic carbocycles. The normalized spacial score (nSPS) is 11.4. The van der Waals surface area contributed by atoms with Crippen molar-refractivity contribution in [3.05, 3.63) is 47.5 Å². The van der Waals surface area contributed by atoms with E-state index in [0.29, 0.717) is 13.1 Å². The molecule has 0 unspecified atom stereocenters. The van der Waals surface area contributed by atoms with Crippen LogP contribution in [0.25, 0.3) is 0 Å². The summed E-state index contributed by atoms with van der Waals surface area (Å²) in [5.41, 5.74) is 6.51. The summed E-state index contributed by atoms with van der Waals surface area (Å²) < 4.78 is 26.6. The number of benzene rings is 1. The summed E-state index contributed by atoms with van der Waals surface area (Å²) in [5.74, 6) is -0.849. The topological polar surface area (TPSA) is 50.4 Å². The van der Waals surface area contributed by atoms with E-state index >= 15 is 0 Å². The summed E-state index contributed by atoms with van der Waals surface area (Å²) in [6.07, 6.45) is 0.210. The minimum absolute atomic E-state index is 0.0534. The summed E-state index contributed by atoms with van der Waals surface area (Å²) in [5, 5.41) is 2.79. The number of hydrogen-bond donors (Lipinski definition) is 2. The molecule has 98 valence electrons. The number of rotatable bonds is 5. The molecule has 0 aliphatic rings. The molecule has 5 heteroatoms. The maximum absolute atomic E-state index is 13.3. The van der Waals surface area contributed by atoms with Crippen LogP contribution < -0.4 is 11.1 Å². The van der Waals surface area contributed by atoms with Gasteiger partial charge in [0, 0.05) is 12.1 Å². The second kappa shape index (κ2) is 6.74. The Morgan fingerprint density at radius 2 is 2.00 bits per heavy atom. The van der Waals surface area contributed by atoms with Crippen molar-refractivity contribution < 1.29 is 8.78 Å². The van der Waals surface area contributed by atoms with Crippen LogP contribution in [-0.2, 0) is 6.42 Å². The zero-order valence-corrected chi connectivity index (χ0v) is 10.3. The van der Waals surface area contributed by atoms with Gasteiger partial charge in [0.05, 0.1) is 6.54 Å². The van der Waals surface area contributed by atoms with E-state index in [1.165, 1.54) is 18.2 Å². The molecule has 3 nitrogen and oxygen atoms in total. The van der Waals surface area contributed by atoms with Crippen LogP contribution in [0.5, 0.6) is 0 Å². The predicted molar refractivity (Wildman–Crippen MR) is 69.4 cm³/mol. The molecule has 0 atom stereocenters. The Hall–Kier alpha value is -1.91. The molecular formula is C13H17F2N3. The van der Waals surface area contributed by atoms with Gasteiger partial charge in [-0.1, -0.05) is 18.2 Å². The third-order valence-corrected chi connectivity index (χ3v) is 2.26. The number of hydrogen-bond acceptors (Lipinski definition) is 1. The molecular weight excluding hydrogens is 236 g/mol. The first kappa shape index (κ1) is 14.2. The molecule has 0 spiro atoms. The van der Waals surface area contributed by atoms with E-state index in [1.807, 2.05) is 6.92 Å². The second-order valence-electron chi connectivity index (χ2n) is 4.04. The Morgan fingerprint density at radius 1 is 1.39 bits per heavy atom. The highest BCUT2D eigenvalue weighted by Crippen LogP contribution is 2.11. The minimum Gasteiger partial charge on any atom is -0.370 e. The maximum Gasteiger partial charge on any atom is 0.188 e. The molecule has 0 amide bonds. The summed E-state index contributed by atoms with van der Waals surface area (Å²) in [7, 11) is 0. The second-order valence-corrected chi connectivity index (χ2v) is 4.04. The number of aliphatic imine (C=N–C) groups is 1. The summed E-state index contributed by atoms with van der Waals surface area (Å²) in [4.78, 5) is 4.00. The summed E-state index contributed by atoms with van der Waals surface area (Å²) >= 11 is 0. The van der Waals surface area contributed by atoms with Crippen LogP contribution in [0.15, 0.2) is 35.3 Å². The summed E-state index contributed by atoms with van der Waals surface area (Å²) in [6, 6.07) is 3.80. The Labute approximate surface area is 105 Å². The third kappa shape index (κ3) is 4.53. The minimum atomic E-state index is -0.547. The van der Waals surface area contributed by atoms with Crippen LogP contribution in [-0.4, -0.2) is 19.0 Å². The lowest BCUT2D eigenvalue weighted by Gasteiger charge is -2.07. The first-order valence-corrected chi connectivity index (χ1v) is 5.61. The van der Waals surface area contributed by atoms with Gasteiger partial charge in [0.1, 0.15) is 11.6 Å². The molecule has 0 bridgehead atoms. The van der Waals surface area contributed by atoms with E-state index in [4.69, 9.17) is 5.73 Å². The van der Waals surface area contributed by atoms with Crippen LogP contribution in [0, 0.1) is 11.6 Å². The highest BCUT2D eigenvalue weighted by molar-refractivity contribution is 5.77. The molecule has 1 aromatic rings. The van der Waals surface area contributed by atoms with E-state index in [0.717, 1.165) is 5.57 Å². The van der Waals surface area contributed by atoms with E-state index in [1.54, 1.807) is 0 Å². The summed E-state index contributed by atoms with van der Waals surface area (Å²) in [6.45, 7) is 6.29. The fourth-order valence-electron chi connectivity index (χ4n) is 1.36. The van der Waals surface area contributed by atoms with Gasteiger partial charge in [-0.25, -0.2) is 13.8 Å². The monoisotopic (exact) mass is 253 g/mol. The van der Waals surface area contributed by atoms with Crippen molar-refractivity contribution in [1.82, 2.24) is 5.32 Å². The number of nitrogens with one attached hydrogen (secondary N) is 1. The Kier molecular flexibility index (Phi) is 5.30. The molecule has 3 N–H and O–H groups in total.